The Morgan fingerprint density at radius 3 is 2.50 bits per heavy atom. The predicted octanol–water partition coefficient (Wildman–Crippen LogP) is 1.81. The van der Waals surface area contributed by atoms with Crippen molar-refractivity contribution < 1.29 is 22.8 Å². The second-order valence-corrected chi connectivity index (χ2v) is 4.81. The van der Waals surface area contributed by atoms with Crippen molar-refractivity contribution in [2.24, 2.45) is 11.8 Å². The summed E-state index contributed by atoms with van der Waals surface area (Å²) in [6.45, 7) is 1.57. The Kier molecular flexibility index (Phi) is 3.96. The number of amides is 2. The van der Waals surface area contributed by atoms with Gasteiger partial charge in [0.25, 0.3) is 0 Å². The van der Waals surface area contributed by atoms with Crippen molar-refractivity contribution >= 4 is 17.5 Å². The number of hydrogen-bond acceptors (Lipinski definition) is 2. The van der Waals surface area contributed by atoms with Crippen LogP contribution in [0.3, 0.4) is 0 Å². The summed E-state index contributed by atoms with van der Waals surface area (Å²) >= 11 is 0. The molecule has 0 saturated heterocycles. The van der Waals surface area contributed by atoms with Crippen LogP contribution in [0.25, 0.3) is 0 Å². The van der Waals surface area contributed by atoms with E-state index in [1.54, 1.807) is 0 Å². The Morgan fingerprint density at radius 2 is 1.90 bits per heavy atom. The second kappa shape index (κ2) is 5.52. The van der Waals surface area contributed by atoms with Gasteiger partial charge in [0.05, 0.1) is 12.2 Å². The van der Waals surface area contributed by atoms with Crippen LogP contribution in [-0.2, 0) is 9.59 Å². The van der Waals surface area contributed by atoms with E-state index in [-0.39, 0.29) is 18.4 Å². The normalized spacial score (nSPS) is 20.4. The molecule has 2 amide bonds. The van der Waals surface area contributed by atoms with Crippen molar-refractivity contribution in [1.82, 2.24) is 5.32 Å². The third-order valence-electron chi connectivity index (χ3n) is 3.18. The highest BCUT2D eigenvalue weighted by atomic mass is 19.2. The zero-order valence-corrected chi connectivity index (χ0v) is 10.7. The molecule has 0 radical (unpaired) electrons. The molecule has 1 aromatic carbocycles. The predicted molar refractivity (Wildman–Crippen MR) is 65.2 cm³/mol. The lowest BCUT2D eigenvalue weighted by molar-refractivity contribution is -0.125. The molecular formula is C13H13F3N2O2. The van der Waals surface area contributed by atoms with Crippen LogP contribution < -0.4 is 10.6 Å². The average Bonchev–Trinajstić information content (AvgIpc) is 3.14. The lowest BCUT2D eigenvalue weighted by Gasteiger charge is -2.08. The number of anilines is 1. The zero-order valence-electron chi connectivity index (χ0n) is 10.7. The van der Waals surface area contributed by atoms with Crippen LogP contribution in [0.15, 0.2) is 12.1 Å². The molecule has 20 heavy (non-hydrogen) atoms. The van der Waals surface area contributed by atoms with Gasteiger partial charge in [-0.1, -0.05) is 6.92 Å². The van der Waals surface area contributed by atoms with Gasteiger partial charge >= 0.3 is 0 Å². The Balaban J connectivity index is 1.88. The lowest BCUT2D eigenvalue weighted by Crippen LogP contribution is -2.34. The van der Waals surface area contributed by atoms with Gasteiger partial charge in [0.15, 0.2) is 17.5 Å². The number of halogens is 3. The van der Waals surface area contributed by atoms with Crippen LogP contribution >= 0.6 is 0 Å². The number of rotatable bonds is 4. The van der Waals surface area contributed by atoms with Crippen LogP contribution in [0.4, 0.5) is 18.9 Å². The molecule has 2 unspecified atom stereocenters. The molecule has 0 aliphatic heterocycles. The quantitative estimate of drug-likeness (QED) is 0.829. The molecule has 1 fully saturated rings. The van der Waals surface area contributed by atoms with E-state index in [4.69, 9.17) is 0 Å². The van der Waals surface area contributed by atoms with Crippen molar-refractivity contribution in [3.8, 4) is 0 Å². The number of carbonyl (C=O) groups excluding carboxylic acids is 2. The number of carbonyl (C=O) groups is 2. The van der Waals surface area contributed by atoms with Crippen LogP contribution in [0.2, 0.25) is 0 Å². The first-order valence-corrected chi connectivity index (χ1v) is 6.11. The Morgan fingerprint density at radius 1 is 1.25 bits per heavy atom. The molecule has 2 rings (SSSR count). The van der Waals surface area contributed by atoms with Crippen molar-refractivity contribution in [2.75, 3.05) is 11.9 Å². The van der Waals surface area contributed by atoms with Gasteiger partial charge in [-0.25, -0.2) is 13.2 Å². The van der Waals surface area contributed by atoms with E-state index in [0.29, 0.717) is 12.0 Å². The van der Waals surface area contributed by atoms with E-state index >= 15 is 0 Å². The average molecular weight is 286 g/mol. The molecule has 0 heterocycles. The number of hydrogen-bond donors (Lipinski definition) is 2. The summed E-state index contributed by atoms with van der Waals surface area (Å²) in [5.41, 5.74) is -0.470. The molecule has 2 atom stereocenters. The summed E-state index contributed by atoms with van der Waals surface area (Å²) in [4.78, 5) is 22.9. The van der Waals surface area contributed by atoms with Crippen molar-refractivity contribution in [3.63, 3.8) is 0 Å². The number of nitrogens with one attached hydrogen (secondary N) is 2. The standard InChI is InChI=1S/C13H13F3N2O2/c1-6-4-7(6)13(20)17-5-10(19)18-9-3-2-8(14)11(15)12(9)16/h2-3,6-7H,4-5H2,1H3,(H,17,20)(H,18,19). The van der Waals surface area contributed by atoms with E-state index in [9.17, 15) is 22.8 Å². The fourth-order valence-electron chi connectivity index (χ4n) is 1.80. The van der Waals surface area contributed by atoms with E-state index in [1.165, 1.54) is 0 Å². The molecule has 4 nitrogen and oxygen atoms in total. The van der Waals surface area contributed by atoms with Gasteiger partial charge in [-0.3, -0.25) is 9.59 Å². The third-order valence-corrected chi connectivity index (χ3v) is 3.18. The summed E-state index contributed by atoms with van der Waals surface area (Å²) in [5.74, 6) is -5.19. The smallest absolute Gasteiger partial charge is 0.243 e. The van der Waals surface area contributed by atoms with Crippen molar-refractivity contribution in [2.45, 2.75) is 13.3 Å². The monoisotopic (exact) mass is 286 g/mol. The van der Waals surface area contributed by atoms with Gasteiger partial charge in [-0.05, 0) is 24.5 Å². The molecule has 0 spiro atoms. The zero-order chi connectivity index (χ0) is 14.9. The van der Waals surface area contributed by atoms with Crippen LogP contribution in [0.5, 0.6) is 0 Å². The van der Waals surface area contributed by atoms with Crippen LogP contribution in [-0.4, -0.2) is 18.4 Å². The summed E-state index contributed by atoms with van der Waals surface area (Å²) in [6, 6.07) is 1.62. The molecule has 1 aliphatic carbocycles. The maximum absolute atomic E-state index is 13.3. The first-order chi connectivity index (χ1) is 9.40. The fraction of sp³-hybridized carbons (Fsp3) is 0.385. The maximum atomic E-state index is 13.3. The molecule has 0 aromatic heterocycles. The molecule has 7 heteroatoms. The van der Waals surface area contributed by atoms with Gasteiger partial charge in [0.2, 0.25) is 11.8 Å². The molecule has 2 N–H and O–H groups in total. The van der Waals surface area contributed by atoms with E-state index < -0.39 is 29.0 Å². The molecular weight excluding hydrogens is 273 g/mol. The second-order valence-electron chi connectivity index (χ2n) is 4.81. The Bertz CT molecular complexity index is 563. The molecule has 1 aromatic rings. The van der Waals surface area contributed by atoms with Gasteiger partial charge in [-0.2, -0.15) is 0 Å². The van der Waals surface area contributed by atoms with Crippen LogP contribution in [0, 0.1) is 29.3 Å². The van der Waals surface area contributed by atoms with E-state index in [1.807, 2.05) is 6.92 Å². The van der Waals surface area contributed by atoms with Crippen molar-refractivity contribution in [3.05, 3.63) is 29.6 Å². The molecule has 0 bridgehead atoms. The summed E-state index contributed by atoms with van der Waals surface area (Å²) in [5, 5.41) is 4.47. The SMILES string of the molecule is CC1CC1C(=O)NCC(=O)Nc1ccc(F)c(F)c1F. The van der Waals surface area contributed by atoms with Gasteiger partial charge in [-0.15, -0.1) is 0 Å². The van der Waals surface area contributed by atoms with Gasteiger partial charge in [0, 0.05) is 5.92 Å². The highest BCUT2D eigenvalue weighted by molar-refractivity contribution is 5.95. The molecule has 1 aliphatic rings. The topological polar surface area (TPSA) is 58.2 Å². The highest BCUT2D eigenvalue weighted by Gasteiger charge is 2.38. The fourth-order valence-corrected chi connectivity index (χ4v) is 1.80. The summed E-state index contributed by atoms with van der Waals surface area (Å²) in [6.07, 6.45) is 0.783. The first kappa shape index (κ1) is 14.4. The molecule has 108 valence electrons. The van der Waals surface area contributed by atoms with Gasteiger partial charge in [0.1, 0.15) is 0 Å². The molecule has 1 saturated carbocycles. The van der Waals surface area contributed by atoms with Crippen molar-refractivity contribution in [1.29, 1.82) is 0 Å². The lowest BCUT2D eigenvalue weighted by atomic mass is 10.2. The first-order valence-electron chi connectivity index (χ1n) is 6.11. The minimum Gasteiger partial charge on any atom is -0.347 e. The minimum atomic E-state index is -1.65. The largest absolute Gasteiger partial charge is 0.347 e. The Labute approximate surface area is 113 Å². The summed E-state index contributed by atoms with van der Waals surface area (Å²) in [7, 11) is 0. The van der Waals surface area contributed by atoms with Crippen LogP contribution in [0.1, 0.15) is 13.3 Å². The van der Waals surface area contributed by atoms with Gasteiger partial charge < -0.3 is 10.6 Å². The number of benzene rings is 1. The van der Waals surface area contributed by atoms with E-state index in [0.717, 1.165) is 12.5 Å². The minimum absolute atomic E-state index is 0.0807. The van der Waals surface area contributed by atoms with E-state index in [2.05, 4.69) is 10.6 Å². The highest BCUT2D eigenvalue weighted by Crippen LogP contribution is 2.37. The maximum Gasteiger partial charge on any atom is 0.243 e. The summed E-state index contributed by atoms with van der Waals surface area (Å²) < 4.78 is 38.9. The Hall–Kier alpha value is -2.05. The third kappa shape index (κ3) is 3.09.